The van der Waals surface area contributed by atoms with Crippen LogP contribution >= 0.6 is 0 Å². The van der Waals surface area contributed by atoms with Crippen LogP contribution in [0.3, 0.4) is 0 Å². The Labute approximate surface area is 137 Å². The zero-order chi connectivity index (χ0) is 16.2. The van der Waals surface area contributed by atoms with Crippen LogP contribution in [0.4, 0.5) is 4.39 Å². The summed E-state index contributed by atoms with van der Waals surface area (Å²) in [6.45, 7) is 3.57. The van der Waals surface area contributed by atoms with Crippen LogP contribution in [0.5, 0.6) is 0 Å². The van der Waals surface area contributed by atoms with Gasteiger partial charge in [0, 0.05) is 19.1 Å². The third kappa shape index (κ3) is 4.40. The predicted octanol–water partition coefficient (Wildman–Crippen LogP) is 4.16. The molecule has 1 fully saturated rings. The van der Waals surface area contributed by atoms with Crippen LogP contribution in [0.15, 0.2) is 54.6 Å². The fraction of sp³-hybridized carbons (Fsp3) is 0.400. The van der Waals surface area contributed by atoms with Crippen molar-refractivity contribution in [2.75, 3.05) is 6.54 Å². The number of benzene rings is 2. The van der Waals surface area contributed by atoms with Crippen molar-refractivity contribution in [3.63, 3.8) is 0 Å². The van der Waals surface area contributed by atoms with Gasteiger partial charge >= 0.3 is 0 Å². The molecule has 0 saturated heterocycles. The number of aliphatic hydroxyl groups excluding tert-OH is 1. The van der Waals surface area contributed by atoms with Crippen LogP contribution in [-0.2, 0) is 6.54 Å². The van der Waals surface area contributed by atoms with Crippen molar-refractivity contribution in [1.29, 1.82) is 0 Å². The van der Waals surface area contributed by atoms with Gasteiger partial charge in [0.1, 0.15) is 5.82 Å². The van der Waals surface area contributed by atoms with Crippen molar-refractivity contribution in [2.24, 2.45) is 5.92 Å². The molecule has 2 atom stereocenters. The lowest BCUT2D eigenvalue weighted by molar-refractivity contribution is 0.0792. The van der Waals surface area contributed by atoms with Crippen molar-refractivity contribution in [3.8, 4) is 0 Å². The van der Waals surface area contributed by atoms with Gasteiger partial charge in [0.05, 0.1) is 6.10 Å². The van der Waals surface area contributed by atoms with Crippen LogP contribution in [0.1, 0.15) is 37.0 Å². The Hall–Kier alpha value is -1.71. The van der Waals surface area contributed by atoms with Crippen LogP contribution in [-0.4, -0.2) is 22.6 Å². The highest BCUT2D eigenvalue weighted by Gasteiger charge is 2.32. The zero-order valence-corrected chi connectivity index (χ0v) is 13.5. The second-order valence-electron chi connectivity index (χ2n) is 6.56. The van der Waals surface area contributed by atoms with Crippen LogP contribution < -0.4 is 0 Å². The fourth-order valence-corrected chi connectivity index (χ4v) is 3.11. The van der Waals surface area contributed by atoms with E-state index in [1.165, 1.54) is 30.5 Å². The average molecular weight is 313 g/mol. The number of hydrogen-bond donors (Lipinski definition) is 1. The average Bonchev–Trinajstić information content (AvgIpc) is 3.39. The number of nitrogens with zero attached hydrogens (tertiary/aromatic N) is 1. The number of rotatable bonds is 7. The molecule has 0 unspecified atom stereocenters. The first-order valence-electron chi connectivity index (χ1n) is 8.35. The van der Waals surface area contributed by atoms with Crippen LogP contribution in [0.25, 0.3) is 0 Å². The van der Waals surface area contributed by atoms with Gasteiger partial charge in [-0.05, 0) is 48.9 Å². The quantitative estimate of drug-likeness (QED) is 0.829. The summed E-state index contributed by atoms with van der Waals surface area (Å²) < 4.78 is 13.4. The second kappa shape index (κ2) is 7.24. The molecule has 0 amide bonds. The summed E-state index contributed by atoms with van der Waals surface area (Å²) in [5.74, 6) is 0.421. The summed E-state index contributed by atoms with van der Waals surface area (Å²) in [5.41, 5.74) is 1.89. The number of hydrogen-bond acceptors (Lipinski definition) is 2. The molecule has 3 rings (SSSR count). The van der Waals surface area contributed by atoms with Crippen molar-refractivity contribution < 1.29 is 9.50 Å². The van der Waals surface area contributed by atoms with Gasteiger partial charge in [0.2, 0.25) is 0 Å². The van der Waals surface area contributed by atoms with E-state index >= 15 is 0 Å². The minimum absolute atomic E-state index is 0.300. The van der Waals surface area contributed by atoms with Crippen molar-refractivity contribution in [2.45, 2.75) is 38.5 Å². The number of aliphatic hydroxyl groups is 1. The van der Waals surface area contributed by atoms with E-state index in [0.717, 1.165) is 12.5 Å². The third-order valence-electron chi connectivity index (χ3n) is 4.75. The Balaban J connectivity index is 1.72. The van der Waals surface area contributed by atoms with Gasteiger partial charge in [-0.15, -0.1) is 0 Å². The Morgan fingerprint density at radius 2 is 1.87 bits per heavy atom. The molecule has 2 aromatic rings. The van der Waals surface area contributed by atoms with Gasteiger partial charge in [-0.3, -0.25) is 4.90 Å². The summed E-state index contributed by atoms with van der Waals surface area (Å²) >= 11 is 0. The molecule has 0 bridgehead atoms. The predicted molar refractivity (Wildman–Crippen MR) is 90.4 cm³/mol. The molecule has 23 heavy (non-hydrogen) atoms. The Morgan fingerprint density at radius 1 is 1.13 bits per heavy atom. The maximum atomic E-state index is 13.4. The molecule has 2 nitrogen and oxygen atoms in total. The lowest BCUT2D eigenvalue weighted by Crippen LogP contribution is -2.37. The highest BCUT2D eigenvalue weighted by Crippen LogP contribution is 2.36. The van der Waals surface area contributed by atoms with E-state index in [4.69, 9.17) is 0 Å². The summed E-state index contributed by atoms with van der Waals surface area (Å²) in [5, 5.41) is 10.5. The fourth-order valence-electron chi connectivity index (χ4n) is 3.11. The molecule has 3 heteroatoms. The van der Waals surface area contributed by atoms with Gasteiger partial charge < -0.3 is 5.11 Å². The summed E-state index contributed by atoms with van der Waals surface area (Å²) in [4.78, 5) is 2.32. The molecule has 0 aliphatic heterocycles. The minimum Gasteiger partial charge on any atom is -0.387 e. The van der Waals surface area contributed by atoms with E-state index in [-0.39, 0.29) is 5.82 Å². The third-order valence-corrected chi connectivity index (χ3v) is 4.75. The monoisotopic (exact) mass is 313 g/mol. The second-order valence-corrected chi connectivity index (χ2v) is 6.56. The molecule has 0 heterocycles. The first-order valence-corrected chi connectivity index (χ1v) is 8.35. The number of halogens is 1. The van der Waals surface area contributed by atoms with Gasteiger partial charge in [0.15, 0.2) is 0 Å². The largest absolute Gasteiger partial charge is 0.387 e. The first-order chi connectivity index (χ1) is 11.1. The summed E-state index contributed by atoms with van der Waals surface area (Å²) in [7, 11) is 0. The molecule has 1 N–H and O–H groups in total. The highest BCUT2D eigenvalue weighted by atomic mass is 19.1. The van der Waals surface area contributed by atoms with Crippen molar-refractivity contribution in [3.05, 3.63) is 71.5 Å². The molecule has 1 aliphatic rings. The highest BCUT2D eigenvalue weighted by molar-refractivity contribution is 5.19. The maximum absolute atomic E-state index is 13.4. The van der Waals surface area contributed by atoms with E-state index in [0.29, 0.717) is 18.2 Å². The van der Waals surface area contributed by atoms with E-state index < -0.39 is 6.10 Å². The van der Waals surface area contributed by atoms with Crippen LogP contribution in [0, 0.1) is 11.7 Å². The molecule has 1 aliphatic carbocycles. The van der Waals surface area contributed by atoms with Gasteiger partial charge in [-0.1, -0.05) is 42.5 Å². The molecule has 0 aromatic heterocycles. The van der Waals surface area contributed by atoms with Crippen molar-refractivity contribution in [1.82, 2.24) is 4.90 Å². The Bertz CT molecular complexity index is 627. The lowest BCUT2D eigenvalue weighted by atomic mass is 10.1. The maximum Gasteiger partial charge on any atom is 0.123 e. The van der Waals surface area contributed by atoms with Gasteiger partial charge in [-0.2, -0.15) is 0 Å². The summed E-state index contributed by atoms with van der Waals surface area (Å²) in [6, 6.07) is 17.0. The molecule has 2 aromatic carbocycles. The molecule has 122 valence electrons. The van der Waals surface area contributed by atoms with Crippen LogP contribution in [0.2, 0.25) is 0 Å². The first kappa shape index (κ1) is 16.2. The van der Waals surface area contributed by atoms with E-state index in [1.807, 2.05) is 18.2 Å². The van der Waals surface area contributed by atoms with E-state index in [2.05, 4.69) is 24.0 Å². The lowest BCUT2D eigenvalue weighted by Gasteiger charge is -2.31. The van der Waals surface area contributed by atoms with Crippen molar-refractivity contribution >= 4 is 0 Å². The molecule has 0 spiro atoms. The molecular weight excluding hydrogens is 289 g/mol. The van der Waals surface area contributed by atoms with Gasteiger partial charge in [0.25, 0.3) is 0 Å². The minimum atomic E-state index is -0.671. The molecule has 0 radical (unpaired) electrons. The summed E-state index contributed by atoms with van der Waals surface area (Å²) in [6.07, 6.45) is 1.86. The Morgan fingerprint density at radius 3 is 2.52 bits per heavy atom. The Kier molecular flexibility index (Phi) is 5.09. The van der Waals surface area contributed by atoms with E-state index in [9.17, 15) is 9.50 Å². The smallest absolute Gasteiger partial charge is 0.123 e. The molecule has 1 saturated carbocycles. The standard InChI is InChI=1S/C20H24FNO/c1-15(17-10-11-17)22(13-16-6-3-2-4-7-16)14-20(23)18-8-5-9-19(21)12-18/h2-9,12,15,17,20,23H,10-11,13-14H2,1H3/t15-,20-/m0/s1. The van der Waals surface area contributed by atoms with E-state index in [1.54, 1.807) is 12.1 Å². The normalized spacial score (nSPS) is 17.2. The SMILES string of the molecule is C[C@@H](C1CC1)N(Cc1ccccc1)C[C@H](O)c1cccc(F)c1. The van der Waals surface area contributed by atoms with Gasteiger partial charge in [-0.25, -0.2) is 4.39 Å². The topological polar surface area (TPSA) is 23.5 Å². The zero-order valence-electron chi connectivity index (χ0n) is 13.5. The molecular formula is C20H24FNO.